The zero-order valence-corrected chi connectivity index (χ0v) is 9.67. The van der Waals surface area contributed by atoms with E-state index in [4.69, 9.17) is 11.6 Å². The Kier molecular flexibility index (Phi) is 4.36. The first-order chi connectivity index (χ1) is 6.65. The molecule has 1 rings (SSSR count). The van der Waals surface area contributed by atoms with E-state index in [1.165, 1.54) is 0 Å². The normalized spacial score (nSPS) is 13.2. The summed E-state index contributed by atoms with van der Waals surface area (Å²) in [6.07, 6.45) is 2.83. The van der Waals surface area contributed by atoms with Crippen molar-refractivity contribution in [1.82, 2.24) is 10.3 Å². The van der Waals surface area contributed by atoms with Crippen molar-refractivity contribution in [1.29, 1.82) is 0 Å². The second-order valence-electron chi connectivity index (χ2n) is 3.84. The Morgan fingerprint density at radius 2 is 2.21 bits per heavy atom. The Morgan fingerprint density at radius 1 is 1.50 bits per heavy atom. The highest BCUT2D eigenvalue weighted by Gasteiger charge is 2.14. The number of nitrogens with one attached hydrogen (secondary N) is 1. The molecule has 3 heteroatoms. The van der Waals surface area contributed by atoms with Crippen LogP contribution in [0.2, 0.25) is 5.02 Å². The molecular formula is C11H17ClN2. The van der Waals surface area contributed by atoms with Crippen LogP contribution in [0.4, 0.5) is 0 Å². The van der Waals surface area contributed by atoms with Crippen LogP contribution in [-0.4, -0.2) is 12.0 Å². The van der Waals surface area contributed by atoms with Crippen molar-refractivity contribution < 1.29 is 0 Å². The number of pyridine rings is 1. The van der Waals surface area contributed by atoms with Gasteiger partial charge in [-0.3, -0.25) is 4.98 Å². The Morgan fingerprint density at radius 3 is 2.71 bits per heavy atom. The van der Waals surface area contributed by atoms with E-state index >= 15 is 0 Å². The molecule has 0 aromatic carbocycles. The van der Waals surface area contributed by atoms with Crippen molar-refractivity contribution in [3.8, 4) is 0 Å². The Bertz CT molecular complexity index is 286. The van der Waals surface area contributed by atoms with Crippen molar-refractivity contribution in [2.45, 2.75) is 26.3 Å². The number of nitrogens with zero attached hydrogens (tertiary/aromatic N) is 1. The minimum atomic E-state index is 0.253. The molecule has 0 aliphatic heterocycles. The molecule has 0 saturated carbocycles. The molecule has 78 valence electrons. The molecule has 1 N–H and O–H groups in total. The lowest BCUT2D eigenvalue weighted by Gasteiger charge is -2.18. The average Bonchev–Trinajstić information content (AvgIpc) is 2.15. The maximum atomic E-state index is 6.08. The topological polar surface area (TPSA) is 24.9 Å². The molecule has 0 bridgehead atoms. The summed E-state index contributed by atoms with van der Waals surface area (Å²) in [5.74, 6) is 0.630. The van der Waals surface area contributed by atoms with E-state index in [1.807, 2.05) is 19.2 Å². The number of rotatable bonds is 4. The second-order valence-corrected chi connectivity index (χ2v) is 4.25. The van der Waals surface area contributed by atoms with Crippen molar-refractivity contribution in [3.63, 3.8) is 0 Å². The Balaban J connectivity index is 2.83. The highest BCUT2D eigenvalue weighted by Crippen LogP contribution is 2.24. The highest BCUT2D eigenvalue weighted by molar-refractivity contribution is 6.31. The molecule has 1 aromatic heterocycles. The Hall–Kier alpha value is -0.600. The third-order valence-corrected chi connectivity index (χ3v) is 2.49. The minimum absolute atomic E-state index is 0.253. The zero-order chi connectivity index (χ0) is 10.6. The molecule has 14 heavy (non-hydrogen) atoms. The van der Waals surface area contributed by atoms with E-state index in [-0.39, 0.29) is 6.04 Å². The highest BCUT2D eigenvalue weighted by atomic mass is 35.5. The first-order valence-electron chi connectivity index (χ1n) is 4.92. The SMILES string of the molecule is CNC(CC(C)C)c1ncccc1Cl. The van der Waals surface area contributed by atoms with Gasteiger partial charge in [-0.1, -0.05) is 25.4 Å². The second kappa shape index (κ2) is 5.32. The number of hydrogen-bond acceptors (Lipinski definition) is 2. The van der Waals surface area contributed by atoms with Gasteiger partial charge in [0.1, 0.15) is 0 Å². The molecule has 2 nitrogen and oxygen atoms in total. The molecule has 0 fully saturated rings. The van der Waals surface area contributed by atoms with Crippen LogP contribution in [0.25, 0.3) is 0 Å². The van der Waals surface area contributed by atoms with E-state index in [0.29, 0.717) is 5.92 Å². The van der Waals surface area contributed by atoms with Gasteiger partial charge in [-0.25, -0.2) is 0 Å². The summed E-state index contributed by atoms with van der Waals surface area (Å²) in [6, 6.07) is 3.99. The van der Waals surface area contributed by atoms with E-state index in [0.717, 1.165) is 17.1 Å². The summed E-state index contributed by atoms with van der Waals surface area (Å²) in [5.41, 5.74) is 0.949. The lowest BCUT2D eigenvalue weighted by atomic mass is 10.0. The fraction of sp³-hybridized carbons (Fsp3) is 0.545. The van der Waals surface area contributed by atoms with Gasteiger partial charge in [0.2, 0.25) is 0 Å². The first kappa shape index (κ1) is 11.5. The quantitative estimate of drug-likeness (QED) is 0.830. The van der Waals surface area contributed by atoms with Crippen LogP contribution in [0.1, 0.15) is 32.0 Å². The standard InChI is InChI=1S/C11H17ClN2/c1-8(2)7-10(13-3)11-9(12)5-4-6-14-11/h4-6,8,10,13H,7H2,1-3H3. The van der Waals surface area contributed by atoms with Gasteiger partial charge in [-0.15, -0.1) is 0 Å². The Labute approximate surface area is 90.7 Å². The van der Waals surface area contributed by atoms with Crippen molar-refractivity contribution in [3.05, 3.63) is 29.0 Å². The van der Waals surface area contributed by atoms with Gasteiger partial charge in [0.05, 0.1) is 16.8 Å². The van der Waals surface area contributed by atoms with E-state index in [1.54, 1.807) is 6.20 Å². The molecule has 0 amide bonds. The molecule has 0 spiro atoms. The van der Waals surface area contributed by atoms with Crippen LogP contribution >= 0.6 is 11.6 Å². The summed E-state index contributed by atoms with van der Waals surface area (Å²) >= 11 is 6.08. The van der Waals surface area contributed by atoms with Gasteiger partial charge in [-0.2, -0.15) is 0 Å². The van der Waals surface area contributed by atoms with Gasteiger partial charge < -0.3 is 5.32 Å². The lowest BCUT2D eigenvalue weighted by molar-refractivity contribution is 0.449. The molecule has 0 aliphatic carbocycles. The molecule has 1 atom stereocenters. The molecular weight excluding hydrogens is 196 g/mol. The third kappa shape index (κ3) is 2.96. The zero-order valence-electron chi connectivity index (χ0n) is 8.92. The maximum absolute atomic E-state index is 6.08. The molecule has 0 aliphatic rings. The van der Waals surface area contributed by atoms with Crippen LogP contribution in [0.3, 0.4) is 0 Å². The van der Waals surface area contributed by atoms with Crippen molar-refractivity contribution >= 4 is 11.6 Å². The van der Waals surface area contributed by atoms with Crippen LogP contribution in [-0.2, 0) is 0 Å². The average molecular weight is 213 g/mol. The fourth-order valence-electron chi connectivity index (χ4n) is 1.49. The summed E-state index contributed by atoms with van der Waals surface area (Å²) in [4.78, 5) is 4.31. The predicted molar refractivity (Wildman–Crippen MR) is 60.5 cm³/mol. The summed E-state index contributed by atoms with van der Waals surface area (Å²) in [5, 5.41) is 3.99. The van der Waals surface area contributed by atoms with Gasteiger partial charge in [-0.05, 0) is 31.5 Å². The van der Waals surface area contributed by atoms with Crippen LogP contribution in [0, 0.1) is 5.92 Å². The summed E-state index contributed by atoms with van der Waals surface area (Å²) < 4.78 is 0. The van der Waals surface area contributed by atoms with E-state index < -0.39 is 0 Å². The molecule has 1 aromatic rings. The largest absolute Gasteiger partial charge is 0.312 e. The number of aromatic nitrogens is 1. The van der Waals surface area contributed by atoms with Crippen LogP contribution in [0.5, 0.6) is 0 Å². The lowest BCUT2D eigenvalue weighted by Crippen LogP contribution is -2.19. The van der Waals surface area contributed by atoms with Crippen LogP contribution < -0.4 is 5.32 Å². The van der Waals surface area contributed by atoms with Crippen LogP contribution in [0.15, 0.2) is 18.3 Å². The van der Waals surface area contributed by atoms with Gasteiger partial charge in [0.25, 0.3) is 0 Å². The van der Waals surface area contributed by atoms with Gasteiger partial charge in [0, 0.05) is 6.20 Å². The summed E-state index contributed by atoms with van der Waals surface area (Å²) in [7, 11) is 1.94. The predicted octanol–water partition coefficient (Wildman–Crippen LogP) is 3.04. The molecule has 1 heterocycles. The van der Waals surface area contributed by atoms with E-state index in [2.05, 4.69) is 24.1 Å². The number of hydrogen-bond donors (Lipinski definition) is 1. The van der Waals surface area contributed by atoms with Crippen molar-refractivity contribution in [2.24, 2.45) is 5.92 Å². The maximum Gasteiger partial charge on any atom is 0.0758 e. The van der Waals surface area contributed by atoms with Gasteiger partial charge in [0.15, 0.2) is 0 Å². The molecule has 1 unspecified atom stereocenters. The number of halogens is 1. The molecule has 0 saturated heterocycles. The first-order valence-corrected chi connectivity index (χ1v) is 5.30. The smallest absolute Gasteiger partial charge is 0.0758 e. The summed E-state index contributed by atoms with van der Waals surface area (Å²) in [6.45, 7) is 4.39. The van der Waals surface area contributed by atoms with Gasteiger partial charge >= 0.3 is 0 Å². The fourth-order valence-corrected chi connectivity index (χ4v) is 1.75. The third-order valence-electron chi connectivity index (χ3n) is 2.17. The van der Waals surface area contributed by atoms with Crippen molar-refractivity contribution in [2.75, 3.05) is 7.05 Å². The van der Waals surface area contributed by atoms with E-state index in [9.17, 15) is 0 Å². The molecule has 0 radical (unpaired) electrons. The minimum Gasteiger partial charge on any atom is -0.312 e. The monoisotopic (exact) mass is 212 g/mol.